The van der Waals surface area contributed by atoms with E-state index in [4.69, 9.17) is 9.84 Å². The SMILES string of the molecule is CSc1nnc(N2CCOCC2)cc1C(=O)O. The van der Waals surface area contributed by atoms with Gasteiger partial charge in [0, 0.05) is 13.1 Å². The van der Waals surface area contributed by atoms with Gasteiger partial charge in [0.05, 0.1) is 18.8 Å². The van der Waals surface area contributed by atoms with Crippen LogP contribution in [-0.2, 0) is 4.74 Å². The molecule has 1 aliphatic rings. The highest BCUT2D eigenvalue weighted by molar-refractivity contribution is 7.98. The number of carboxylic acids is 1. The fourth-order valence-corrected chi connectivity index (χ4v) is 2.11. The summed E-state index contributed by atoms with van der Waals surface area (Å²) < 4.78 is 5.23. The third-order valence-corrected chi connectivity index (χ3v) is 3.19. The monoisotopic (exact) mass is 255 g/mol. The quantitative estimate of drug-likeness (QED) is 0.798. The molecule has 0 aromatic carbocycles. The molecular formula is C10H13N3O3S. The molecule has 2 heterocycles. The molecule has 92 valence electrons. The van der Waals surface area contributed by atoms with Crippen LogP contribution in [0.1, 0.15) is 10.4 Å². The third kappa shape index (κ3) is 2.67. The van der Waals surface area contributed by atoms with Crippen LogP contribution in [0, 0.1) is 0 Å². The van der Waals surface area contributed by atoms with Crippen molar-refractivity contribution in [3.05, 3.63) is 11.6 Å². The van der Waals surface area contributed by atoms with Gasteiger partial charge in [-0.05, 0) is 12.3 Å². The first-order valence-corrected chi connectivity index (χ1v) is 6.42. The van der Waals surface area contributed by atoms with Crippen LogP contribution in [0.15, 0.2) is 11.1 Å². The number of morpholine rings is 1. The second-order valence-electron chi connectivity index (χ2n) is 3.53. The van der Waals surface area contributed by atoms with E-state index in [2.05, 4.69) is 10.2 Å². The molecule has 0 atom stereocenters. The normalized spacial score (nSPS) is 15.9. The molecule has 1 fully saturated rings. The maximum Gasteiger partial charge on any atom is 0.338 e. The largest absolute Gasteiger partial charge is 0.478 e. The first kappa shape index (κ1) is 12.1. The molecule has 0 spiro atoms. The predicted molar refractivity (Wildman–Crippen MR) is 63.8 cm³/mol. The van der Waals surface area contributed by atoms with Gasteiger partial charge >= 0.3 is 5.97 Å². The van der Waals surface area contributed by atoms with Crippen LogP contribution in [0.3, 0.4) is 0 Å². The maximum atomic E-state index is 11.1. The Morgan fingerprint density at radius 2 is 2.18 bits per heavy atom. The van der Waals surface area contributed by atoms with E-state index in [1.54, 1.807) is 12.3 Å². The Bertz CT molecular complexity index is 421. The molecule has 1 aliphatic heterocycles. The van der Waals surface area contributed by atoms with Crippen molar-refractivity contribution in [2.75, 3.05) is 37.5 Å². The molecule has 0 unspecified atom stereocenters. The summed E-state index contributed by atoms with van der Waals surface area (Å²) in [6, 6.07) is 1.58. The average molecular weight is 255 g/mol. The molecule has 1 saturated heterocycles. The van der Waals surface area contributed by atoms with Gasteiger partial charge in [-0.15, -0.1) is 22.0 Å². The molecule has 17 heavy (non-hydrogen) atoms. The summed E-state index contributed by atoms with van der Waals surface area (Å²) in [5.41, 5.74) is 0.203. The molecular weight excluding hydrogens is 242 g/mol. The molecule has 1 aromatic heterocycles. The van der Waals surface area contributed by atoms with Gasteiger partial charge in [-0.1, -0.05) is 0 Å². The van der Waals surface area contributed by atoms with Gasteiger partial charge in [0.25, 0.3) is 0 Å². The van der Waals surface area contributed by atoms with Crippen LogP contribution in [0.2, 0.25) is 0 Å². The highest BCUT2D eigenvalue weighted by atomic mass is 32.2. The highest BCUT2D eigenvalue weighted by Gasteiger charge is 2.18. The Morgan fingerprint density at radius 1 is 1.47 bits per heavy atom. The number of hydrogen-bond acceptors (Lipinski definition) is 6. The lowest BCUT2D eigenvalue weighted by molar-refractivity contribution is 0.0692. The number of carbonyl (C=O) groups is 1. The van der Waals surface area contributed by atoms with Crippen LogP contribution >= 0.6 is 11.8 Å². The zero-order valence-electron chi connectivity index (χ0n) is 9.42. The summed E-state index contributed by atoms with van der Waals surface area (Å²) in [5.74, 6) is -0.373. The number of thioether (sulfide) groups is 1. The lowest BCUT2D eigenvalue weighted by Gasteiger charge is -2.27. The lowest BCUT2D eigenvalue weighted by atomic mass is 10.3. The molecule has 1 aromatic rings. The van der Waals surface area contributed by atoms with E-state index in [1.807, 2.05) is 4.90 Å². The fourth-order valence-electron chi connectivity index (χ4n) is 1.62. The van der Waals surface area contributed by atoms with Gasteiger partial charge in [0.15, 0.2) is 5.82 Å². The zero-order valence-corrected chi connectivity index (χ0v) is 10.2. The summed E-state index contributed by atoms with van der Waals surface area (Å²) in [5, 5.41) is 17.5. The van der Waals surface area contributed by atoms with Crippen molar-refractivity contribution in [2.24, 2.45) is 0 Å². The number of rotatable bonds is 3. The summed E-state index contributed by atoms with van der Waals surface area (Å²) in [6.07, 6.45) is 1.78. The minimum atomic E-state index is -0.973. The van der Waals surface area contributed by atoms with Gasteiger partial charge in [0.1, 0.15) is 5.03 Å². The van der Waals surface area contributed by atoms with Crippen LogP contribution in [0.5, 0.6) is 0 Å². The number of ether oxygens (including phenoxy) is 1. The van der Waals surface area contributed by atoms with E-state index in [0.717, 1.165) is 0 Å². The number of anilines is 1. The van der Waals surface area contributed by atoms with Crippen molar-refractivity contribution in [1.82, 2.24) is 10.2 Å². The van der Waals surface area contributed by atoms with Crippen LogP contribution in [-0.4, -0.2) is 53.8 Å². The molecule has 1 N–H and O–H groups in total. The molecule has 6 nitrogen and oxygen atoms in total. The first-order valence-electron chi connectivity index (χ1n) is 5.20. The third-order valence-electron chi connectivity index (χ3n) is 2.51. The topological polar surface area (TPSA) is 75.5 Å². The van der Waals surface area contributed by atoms with Crippen molar-refractivity contribution >= 4 is 23.5 Å². The average Bonchev–Trinajstić information content (AvgIpc) is 2.39. The Hall–Kier alpha value is -1.34. The summed E-state index contributed by atoms with van der Waals surface area (Å²) in [6.45, 7) is 2.70. The number of nitrogens with zero attached hydrogens (tertiary/aromatic N) is 3. The van der Waals surface area contributed by atoms with Crippen LogP contribution in [0.4, 0.5) is 5.82 Å². The van der Waals surface area contributed by atoms with Gasteiger partial charge < -0.3 is 14.7 Å². The molecule has 0 aliphatic carbocycles. The van der Waals surface area contributed by atoms with E-state index in [1.165, 1.54) is 11.8 Å². The summed E-state index contributed by atoms with van der Waals surface area (Å²) >= 11 is 1.28. The van der Waals surface area contributed by atoms with Crippen LogP contribution in [0.25, 0.3) is 0 Å². The molecule has 2 rings (SSSR count). The summed E-state index contributed by atoms with van der Waals surface area (Å²) in [4.78, 5) is 13.1. The standard InChI is InChI=1S/C10H13N3O3S/c1-17-9-7(10(14)15)6-8(11-12-9)13-2-4-16-5-3-13/h6H,2-5H2,1H3,(H,14,15). The Kier molecular flexibility index (Phi) is 3.80. The van der Waals surface area contributed by atoms with Crippen LogP contribution < -0.4 is 4.90 Å². The second-order valence-corrected chi connectivity index (χ2v) is 4.33. The van der Waals surface area contributed by atoms with Crippen molar-refractivity contribution in [2.45, 2.75) is 5.03 Å². The van der Waals surface area contributed by atoms with Gasteiger partial charge in [-0.2, -0.15) is 0 Å². The second kappa shape index (κ2) is 5.33. The van der Waals surface area contributed by atoms with E-state index < -0.39 is 5.97 Å². The minimum absolute atomic E-state index is 0.203. The zero-order chi connectivity index (χ0) is 12.3. The van der Waals surface area contributed by atoms with Gasteiger partial charge in [-0.3, -0.25) is 0 Å². The number of aromatic carboxylic acids is 1. The van der Waals surface area contributed by atoms with Crippen molar-refractivity contribution in [3.63, 3.8) is 0 Å². The van der Waals surface area contributed by atoms with Crippen molar-refractivity contribution in [1.29, 1.82) is 0 Å². The number of aromatic nitrogens is 2. The predicted octanol–water partition coefficient (Wildman–Crippen LogP) is 0.733. The highest BCUT2D eigenvalue weighted by Crippen LogP contribution is 2.21. The molecule has 0 radical (unpaired) electrons. The molecule has 0 saturated carbocycles. The molecule has 7 heteroatoms. The number of carboxylic acid groups (broad SMARTS) is 1. The van der Waals surface area contributed by atoms with Gasteiger partial charge in [0.2, 0.25) is 0 Å². The smallest absolute Gasteiger partial charge is 0.338 e. The van der Waals surface area contributed by atoms with Crippen molar-refractivity contribution in [3.8, 4) is 0 Å². The molecule has 0 amide bonds. The summed E-state index contributed by atoms with van der Waals surface area (Å²) in [7, 11) is 0. The van der Waals surface area contributed by atoms with Crippen molar-refractivity contribution < 1.29 is 14.6 Å². The maximum absolute atomic E-state index is 11.1. The van der Waals surface area contributed by atoms with Gasteiger partial charge in [-0.25, -0.2) is 4.79 Å². The van der Waals surface area contributed by atoms with E-state index >= 15 is 0 Å². The Balaban J connectivity index is 2.29. The first-order chi connectivity index (χ1) is 8.22. The van der Waals surface area contributed by atoms with E-state index in [-0.39, 0.29) is 5.56 Å². The number of hydrogen-bond donors (Lipinski definition) is 1. The molecule has 0 bridgehead atoms. The Labute approximate surface area is 103 Å². The van der Waals surface area contributed by atoms with E-state index in [9.17, 15) is 4.79 Å². The fraction of sp³-hybridized carbons (Fsp3) is 0.500. The Morgan fingerprint density at radius 3 is 2.76 bits per heavy atom. The minimum Gasteiger partial charge on any atom is -0.478 e. The van der Waals surface area contributed by atoms with E-state index in [0.29, 0.717) is 37.1 Å². The lowest BCUT2D eigenvalue weighted by Crippen LogP contribution is -2.37.